The molecule has 9 heteroatoms. The largest absolute Gasteiger partial charge is 0.352 e. The minimum atomic E-state index is -2.69. The highest BCUT2D eigenvalue weighted by atomic mass is 19.3. The summed E-state index contributed by atoms with van der Waals surface area (Å²) in [5, 5.41) is 2.82. The Kier molecular flexibility index (Phi) is 4.82. The number of primary amides is 1. The topological polar surface area (TPSA) is 104 Å². The number of likely N-dealkylation sites (tertiary alicyclic amines) is 1. The van der Waals surface area contributed by atoms with Gasteiger partial charge in [-0.05, 0) is 37.0 Å². The molecule has 1 aromatic heterocycles. The minimum Gasteiger partial charge on any atom is -0.352 e. The lowest BCUT2D eigenvalue weighted by Gasteiger charge is -2.31. The first kappa shape index (κ1) is 17.1. The fourth-order valence-corrected chi connectivity index (χ4v) is 3.04. The third kappa shape index (κ3) is 3.86. The Bertz CT molecular complexity index is 792. The molecular weight excluding hydrogens is 332 g/mol. The van der Waals surface area contributed by atoms with E-state index in [0.29, 0.717) is 36.2 Å². The summed E-state index contributed by atoms with van der Waals surface area (Å²) in [5.41, 5.74) is 6.42. The molecular formula is C16H19F2N5O2. The highest BCUT2D eigenvalue weighted by molar-refractivity contribution is 5.97. The predicted octanol–water partition coefficient (Wildman–Crippen LogP) is 2.02. The van der Waals surface area contributed by atoms with E-state index in [9.17, 15) is 18.4 Å². The van der Waals surface area contributed by atoms with Gasteiger partial charge in [0.25, 0.3) is 12.3 Å². The van der Waals surface area contributed by atoms with Crippen LogP contribution in [0, 0.1) is 5.92 Å². The summed E-state index contributed by atoms with van der Waals surface area (Å²) in [7, 11) is 0. The number of urea groups is 1. The zero-order valence-corrected chi connectivity index (χ0v) is 13.5. The van der Waals surface area contributed by atoms with Gasteiger partial charge in [-0.25, -0.2) is 18.6 Å². The number of rotatable bonds is 4. The second-order valence-corrected chi connectivity index (χ2v) is 6.16. The van der Waals surface area contributed by atoms with Crippen LogP contribution in [0.2, 0.25) is 0 Å². The van der Waals surface area contributed by atoms with E-state index in [1.165, 1.54) is 12.1 Å². The van der Waals surface area contributed by atoms with E-state index < -0.39 is 18.3 Å². The monoisotopic (exact) mass is 351 g/mol. The van der Waals surface area contributed by atoms with Crippen molar-refractivity contribution in [2.45, 2.75) is 19.3 Å². The summed E-state index contributed by atoms with van der Waals surface area (Å²) in [5.74, 6) is -0.570. The summed E-state index contributed by atoms with van der Waals surface area (Å²) in [6.45, 7) is 1.58. The van der Waals surface area contributed by atoms with Crippen LogP contribution in [0.5, 0.6) is 0 Å². The summed E-state index contributed by atoms with van der Waals surface area (Å²) < 4.78 is 25.3. The van der Waals surface area contributed by atoms with E-state index in [2.05, 4.69) is 15.3 Å². The molecule has 1 saturated heterocycles. The highest BCUT2D eigenvalue weighted by Crippen LogP contribution is 2.21. The number of carbonyl (C=O) groups is 2. The van der Waals surface area contributed by atoms with E-state index in [1.807, 2.05) is 0 Å². The Morgan fingerprint density at radius 2 is 2.24 bits per heavy atom. The molecule has 1 aliphatic heterocycles. The first-order valence-electron chi connectivity index (χ1n) is 8.04. The van der Waals surface area contributed by atoms with Crippen LogP contribution < -0.4 is 11.1 Å². The number of benzene rings is 1. The Labute approximate surface area is 142 Å². The van der Waals surface area contributed by atoms with E-state index in [1.54, 1.807) is 11.0 Å². The average molecular weight is 351 g/mol. The maximum absolute atomic E-state index is 12.7. The van der Waals surface area contributed by atoms with Crippen LogP contribution in [-0.4, -0.2) is 46.4 Å². The molecule has 1 aromatic carbocycles. The second-order valence-electron chi connectivity index (χ2n) is 6.16. The maximum atomic E-state index is 12.7. The molecule has 0 radical (unpaired) electrons. The zero-order valence-electron chi connectivity index (χ0n) is 13.5. The van der Waals surface area contributed by atoms with E-state index in [4.69, 9.17) is 5.73 Å². The number of amides is 3. The molecule has 2 heterocycles. The molecule has 4 N–H and O–H groups in total. The molecule has 0 aliphatic carbocycles. The first-order chi connectivity index (χ1) is 11.9. The summed E-state index contributed by atoms with van der Waals surface area (Å²) in [4.78, 5) is 31.4. The molecule has 1 atom stereocenters. The number of alkyl halides is 2. The molecule has 1 aliphatic rings. The molecule has 1 unspecified atom stereocenters. The highest BCUT2D eigenvalue weighted by Gasteiger charge is 2.22. The Hall–Kier alpha value is -2.71. The van der Waals surface area contributed by atoms with Crippen LogP contribution in [-0.2, 0) is 0 Å². The van der Waals surface area contributed by atoms with Crippen LogP contribution in [0.15, 0.2) is 18.2 Å². The average Bonchev–Trinajstić information content (AvgIpc) is 3.03. The Balaban J connectivity index is 1.63. The fourth-order valence-electron chi connectivity index (χ4n) is 3.04. The minimum absolute atomic E-state index is 0.145. The smallest absolute Gasteiger partial charge is 0.314 e. The predicted molar refractivity (Wildman–Crippen MR) is 87.3 cm³/mol. The number of hydrogen-bond acceptors (Lipinski definition) is 3. The van der Waals surface area contributed by atoms with Gasteiger partial charge in [-0.15, -0.1) is 0 Å². The zero-order chi connectivity index (χ0) is 18.0. The van der Waals surface area contributed by atoms with Gasteiger partial charge in [-0.3, -0.25) is 4.79 Å². The number of imidazole rings is 1. The van der Waals surface area contributed by atoms with Gasteiger partial charge in [-0.1, -0.05) is 0 Å². The Morgan fingerprint density at radius 1 is 1.44 bits per heavy atom. The third-order valence-electron chi connectivity index (χ3n) is 4.35. The summed E-state index contributed by atoms with van der Waals surface area (Å²) >= 11 is 0. The quantitative estimate of drug-likeness (QED) is 0.785. The lowest BCUT2D eigenvalue weighted by molar-refractivity contribution is 0.0938. The van der Waals surface area contributed by atoms with E-state index in [-0.39, 0.29) is 11.8 Å². The molecule has 3 rings (SSSR count). The van der Waals surface area contributed by atoms with Gasteiger partial charge >= 0.3 is 6.03 Å². The van der Waals surface area contributed by atoms with Crippen molar-refractivity contribution in [3.05, 3.63) is 29.6 Å². The standard InChI is InChI=1S/C16H19F2N5O2/c17-13(18)14-21-11-4-3-10(6-12(11)22-14)15(24)20-7-9-2-1-5-23(8-9)16(19)25/h3-4,6,9,13H,1-2,5,7-8H2,(H2,19,25)(H,20,24)(H,21,22). The summed E-state index contributed by atoms with van der Waals surface area (Å²) in [6, 6.07) is 4.13. The number of H-pyrrole nitrogens is 1. The normalized spacial score (nSPS) is 17.9. The second kappa shape index (κ2) is 7.04. The van der Waals surface area contributed by atoms with Crippen molar-refractivity contribution in [1.29, 1.82) is 0 Å². The molecule has 7 nitrogen and oxygen atoms in total. The fraction of sp³-hybridized carbons (Fsp3) is 0.438. The van der Waals surface area contributed by atoms with Gasteiger partial charge in [0.15, 0.2) is 5.82 Å². The summed E-state index contributed by atoms with van der Waals surface area (Å²) in [6.07, 6.45) is -0.939. The van der Waals surface area contributed by atoms with Crippen LogP contribution in [0.3, 0.4) is 0 Å². The lowest BCUT2D eigenvalue weighted by Crippen LogP contribution is -2.45. The van der Waals surface area contributed by atoms with Gasteiger partial charge in [0.1, 0.15) is 0 Å². The van der Waals surface area contributed by atoms with Crippen molar-refractivity contribution in [2.75, 3.05) is 19.6 Å². The molecule has 2 aromatic rings. The first-order valence-corrected chi connectivity index (χ1v) is 8.04. The van der Waals surface area contributed by atoms with Crippen LogP contribution >= 0.6 is 0 Å². The number of hydrogen-bond donors (Lipinski definition) is 3. The van der Waals surface area contributed by atoms with E-state index >= 15 is 0 Å². The maximum Gasteiger partial charge on any atom is 0.314 e. The number of piperidine rings is 1. The lowest BCUT2D eigenvalue weighted by atomic mass is 9.98. The van der Waals surface area contributed by atoms with Crippen molar-refractivity contribution in [1.82, 2.24) is 20.2 Å². The third-order valence-corrected chi connectivity index (χ3v) is 4.35. The van der Waals surface area contributed by atoms with Gasteiger partial charge in [0.2, 0.25) is 0 Å². The number of aromatic amines is 1. The van der Waals surface area contributed by atoms with Gasteiger partial charge in [0, 0.05) is 25.2 Å². The molecule has 1 fully saturated rings. The van der Waals surface area contributed by atoms with Crippen LogP contribution in [0.25, 0.3) is 11.0 Å². The van der Waals surface area contributed by atoms with Crippen molar-refractivity contribution in [3.63, 3.8) is 0 Å². The van der Waals surface area contributed by atoms with Crippen LogP contribution in [0.1, 0.15) is 35.4 Å². The number of halogens is 2. The van der Waals surface area contributed by atoms with E-state index in [0.717, 1.165) is 12.8 Å². The van der Waals surface area contributed by atoms with Crippen molar-refractivity contribution in [2.24, 2.45) is 11.7 Å². The number of nitrogens with zero attached hydrogens (tertiary/aromatic N) is 2. The number of aromatic nitrogens is 2. The molecule has 134 valence electrons. The van der Waals surface area contributed by atoms with Gasteiger partial charge in [-0.2, -0.15) is 0 Å². The molecule has 3 amide bonds. The number of carbonyl (C=O) groups excluding carboxylic acids is 2. The van der Waals surface area contributed by atoms with Crippen molar-refractivity contribution < 1.29 is 18.4 Å². The SMILES string of the molecule is NC(=O)N1CCCC(CNC(=O)c2ccc3nc(C(F)F)[nH]c3c2)C1. The number of nitrogens with two attached hydrogens (primary N) is 1. The molecule has 0 saturated carbocycles. The molecule has 25 heavy (non-hydrogen) atoms. The van der Waals surface area contributed by atoms with Gasteiger partial charge < -0.3 is 20.9 Å². The molecule has 0 spiro atoms. The number of nitrogens with one attached hydrogen (secondary N) is 2. The van der Waals surface area contributed by atoms with Crippen molar-refractivity contribution in [3.8, 4) is 0 Å². The van der Waals surface area contributed by atoms with Gasteiger partial charge in [0.05, 0.1) is 11.0 Å². The molecule has 0 bridgehead atoms. The van der Waals surface area contributed by atoms with Crippen LogP contribution in [0.4, 0.5) is 13.6 Å². The number of fused-ring (bicyclic) bond motifs is 1. The Morgan fingerprint density at radius 3 is 2.96 bits per heavy atom. The van der Waals surface area contributed by atoms with Crippen molar-refractivity contribution >= 4 is 23.0 Å².